The van der Waals surface area contributed by atoms with Crippen molar-refractivity contribution in [2.24, 2.45) is 0 Å². The first-order chi connectivity index (χ1) is 11.6. The molecular weight excluding hydrogens is 403 g/mol. The third-order valence-electron chi connectivity index (χ3n) is 3.55. The van der Waals surface area contributed by atoms with E-state index in [0.717, 1.165) is 40.3 Å². The molecule has 1 saturated carbocycles. The first-order valence-electron chi connectivity index (χ1n) is 7.28. The van der Waals surface area contributed by atoms with E-state index in [1.165, 1.54) is 11.3 Å². The number of nitrogens with zero attached hydrogens (tertiary/aromatic N) is 3. The number of halogens is 6. The van der Waals surface area contributed by atoms with Gasteiger partial charge in [-0.2, -0.15) is 0 Å². The van der Waals surface area contributed by atoms with E-state index in [-0.39, 0.29) is 0 Å². The molecule has 0 spiro atoms. The van der Waals surface area contributed by atoms with Gasteiger partial charge in [0.1, 0.15) is 10.6 Å². The zero-order chi connectivity index (χ0) is 19.9. The van der Waals surface area contributed by atoms with Gasteiger partial charge < -0.3 is 5.11 Å². The van der Waals surface area contributed by atoms with Crippen LogP contribution in [0.1, 0.15) is 29.8 Å². The second-order valence-corrected chi connectivity index (χ2v) is 8.98. The minimum absolute atomic E-state index is 0.535. The molecule has 1 aliphatic carbocycles. The van der Waals surface area contributed by atoms with Gasteiger partial charge in [0.25, 0.3) is 0 Å². The summed E-state index contributed by atoms with van der Waals surface area (Å²) in [6, 6.07) is 5.65. The summed E-state index contributed by atoms with van der Waals surface area (Å²) >= 11 is 1.51. The van der Waals surface area contributed by atoms with Gasteiger partial charge in [-0.25, -0.2) is 4.98 Å². The number of aliphatic hydroxyl groups is 1. The van der Waals surface area contributed by atoms with Gasteiger partial charge in [-0.15, -0.1) is 11.3 Å². The fourth-order valence-electron chi connectivity index (χ4n) is 2.31. The molecular formula is C14H14F6N3OPS. The third-order valence-corrected chi connectivity index (χ3v) is 4.79. The Bertz CT molecular complexity index is 860. The van der Waals surface area contributed by atoms with Crippen LogP contribution in [0.15, 0.2) is 24.4 Å². The Hall–Kier alpha value is -1.76. The molecule has 1 aliphatic rings. The van der Waals surface area contributed by atoms with Crippen molar-refractivity contribution >= 4 is 24.8 Å². The zero-order valence-corrected chi connectivity index (χ0v) is 15.1. The van der Waals surface area contributed by atoms with Crippen molar-refractivity contribution in [3.63, 3.8) is 0 Å². The summed E-state index contributed by atoms with van der Waals surface area (Å²) < 4.78 is 59.2. The van der Waals surface area contributed by atoms with Gasteiger partial charge in [0.05, 0.1) is 4.88 Å². The van der Waals surface area contributed by atoms with Crippen molar-refractivity contribution in [3.05, 3.63) is 39.9 Å². The molecule has 0 amide bonds. The Morgan fingerprint density at radius 1 is 1.15 bits per heavy atom. The van der Waals surface area contributed by atoms with Gasteiger partial charge in [-0.05, 0) is 37.8 Å². The first kappa shape index (κ1) is 20.6. The van der Waals surface area contributed by atoms with Crippen LogP contribution in [0.2, 0.25) is 0 Å². The summed E-state index contributed by atoms with van der Waals surface area (Å²) in [6.45, 7) is 1.96. The third kappa shape index (κ3) is 6.52. The number of aromatic nitrogens is 1. The maximum absolute atomic E-state index is 10.7. The van der Waals surface area contributed by atoms with Gasteiger partial charge in [-0.3, -0.25) is 0 Å². The zero-order valence-electron chi connectivity index (χ0n) is 13.3. The van der Waals surface area contributed by atoms with E-state index in [1.807, 2.05) is 25.1 Å². The molecule has 0 saturated heterocycles. The van der Waals surface area contributed by atoms with Gasteiger partial charge in [-0.1, -0.05) is 0 Å². The van der Waals surface area contributed by atoms with Crippen LogP contribution in [0.5, 0.6) is 0 Å². The number of hydrogen-bond acceptors (Lipinski definition) is 4. The van der Waals surface area contributed by atoms with Crippen molar-refractivity contribution in [2.75, 3.05) is 0 Å². The van der Waals surface area contributed by atoms with Gasteiger partial charge in [0.15, 0.2) is 4.98 Å². The van der Waals surface area contributed by atoms with E-state index in [1.54, 1.807) is 6.20 Å². The Morgan fingerprint density at radius 2 is 1.73 bits per heavy atom. The van der Waals surface area contributed by atoms with E-state index in [4.69, 9.17) is 5.39 Å². The molecule has 4 nitrogen and oxygen atoms in total. The Labute approximate surface area is 148 Å². The van der Waals surface area contributed by atoms with Crippen molar-refractivity contribution in [1.82, 2.24) is 4.98 Å². The normalized spacial score (nSPS) is 18.4. The topological polar surface area (TPSA) is 61.3 Å². The minimum atomic E-state index is -10.7. The number of rotatable bonds is 2. The summed E-state index contributed by atoms with van der Waals surface area (Å²) in [5.41, 5.74) is 1.83. The maximum atomic E-state index is 10.3. The molecule has 3 rings (SSSR count). The number of hydrogen-bond donors (Lipinski definition) is 1. The van der Waals surface area contributed by atoms with Crippen molar-refractivity contribution < 1.29 is 30.3 Å². The van der Waals surface area contributed by atoms with Gasteiger partial charge >= 0.3 is 38.7 Å². The van der Waals surface area contributed by atoms with E-state index in [9.17, 15) is 30.3 Å². The number of diazo groups is 1. The molecule has 1 aromatic carbocycles. The van der Waals surface area contributed by atoms with E-state index in [0.29, 0.717) is 5.69 Å². The first-order valence-corrected chi connectivity index (χ1v) is 10.1. The molecule has 1 aromatic heterocycles. The fraction of sp³-hybridized carbons (Fsp3) is 0.357. The SMILES string of the molecule is Cc1cc([N+]#N)cc(-c2cnc(C3(O)CCC3)s2)c1.F[P-](F)(F)(F)(F)F. The van der Waals surface area contributed by atoms with Crippen LogP contribution in [-0.4, -0.2) is 10.1 Å². The fourth-order valence-corrected chi connectivity index (χ4v) is 3.36. The molecule has 0 aliphatic heterocycles. The Kier molecular flexibility index (Phi) is 4.64. The molecule has 26 heavy (non-hydrogen) atoms. The second-order valence-electron chi connectivity index (χ2n) is 6.03. The van der Waals surface area contributed by atoms with Crippen LogP contribution in [0.4, 0.5) is 30.9 Å². The molecule has 0 bridgehead atoms. The summed E-state index contributed by atoms with van der Waals surface area (Å²) in [5, 5.41) is 20.0. The van der Waals surface area contributed by atoms with Crippen LogP contribution in [-0.2, 0) is 5.60 Å². The van der Waals surface area contributed by atoms with Gasteiger partial charge in [0, 0.05) is 23.9 Å². The Balaban J connectivity index is 0.000000298. The molecule has 2 aromatic rings. The quantitative estimate of drug-likeness (QED) is 0.316. The predicted octanol–water partition coefficient (Wildman–Crippen LogP) is 7.36. The summed E-state index contributed by atoms with van der Waals surface area (Å²) in [6.07, 6.45) is 4.44. The van der Waals surface area contributed by atoms with Crippen LogP contribution < -0.4 is 0 Å². The standard InChI is InChI=1S/C14H14N3OS.F6P/c1-9-5-10(7-11(6-9)17-15)12-8-16-13(19-12)14(18)3-2-4-14;1-7(2,3,4,5)6/h5-8,18H,2-4H2,1H3;/q+1;-1. The summed E-state index contributed by atoms with van der Waals surface area (Å²) in [5.74, 6) is 0. The molecule has 0 atom stereocenters. The van der Waals surface area contributed by atoms with Crippen LogP contribution in [0, 0.1) is 12.3 Å². The van der Waals surface area contributed by atoms with Gasteiger partial charge in [0.2, 0.25) is 5.39 Å². The van der Waals surface area contributed by atoms with Crippen molar-refractivity contribution in [2.45, 2.75) is 31.8 Å². The number of thiazole rings is 1. The second kappa shape index (κ2) is 5.87. The van der Waals surface area contributed by atoms with E-state index >= 15 is 0 Å². The molecule has 0 unspecified atom stereocenters. The Morgan fingerprint density at radius 3 is 2.19 bits per heavy atom. The summed E-state index contributed by atoms with van der Waals surface area (Å²) in [4.78, 5) is 8.57. The molecule has 1 N–H and O–H groups in total. The van der Waals surface area contributed by atoms with E-state index in [2.05, 4.69) is 9.96 Å². The van der Waals surface area contributed by atoms with E-state index < -0.39 is 13.4 Å². The van der Waals surface area contributed by atoms with Crippen LogP contribution in [0.3, 0.4) is 0 Å². The number of aryl methyl sites for hydroxylation is 1. The monoisotopic (exact) mass is 417 g/mol. The predicted molar refractivity (Wildman–Crippen MR) is 88.3 cm³/mol. The summed E-state index contributed by atoms with van der Waals surface area (Å²) in [7, 11) is -10.7. The molecule has 0 radical (unpaired) electrons. The average Bonchev–Trinajstić information content (AvgIpc) is 2.90. The molecule has 1 fully saturated rings. The molecule has 144 valence electrons. The van der Waals surface area contributed by atoms with Crippen LogP contribution >= 0.6 is 19.1 Å². The van der Waals surface area contributed by atoms with Crippen molar-refractivity contribution in [3.8, 4) is 10.4 Å². The number of benzene rings is 1. The molecule has 12 heteroatoms. The molecule has 1 heterocycles. The van der Waals surface area contributed by atoms with Crippen LogP contribution in [0.25, 0.3) is 15.4 Å². The van der Waals surface area contributed by atoms with Crippen molar-refractivity contribution in [1.29, 1.82) is 5.39 Å². The average molecular weight is 417 g/mol.